The van der Waals surface area contributed by atoms with E-state index in [1.165, 1.54) is 10.5 Å². The van der Waals surface area contributed by atoms with Crippen LogP contribution in [0.3, 0.4) is 0 Å². The molecular weight excluding hydrogens is 286 g/mol. The summed E-state index contributed by atoms with van der Waals surface area (Å²) in [6.45, 7) is 0. The van der Waals surface area contributed by atoms with Crippen LogP contribution in [0.5, 0.6) is 0 Å². The van der Waals surface area contributed by atoms with Crippen molar-refractivity contribution in [2.24, 2.45) is 0 Å². The monoisotopic (exact) mass is 301 g/mol. The standard InChI is InChI=1S/C15H15N3O2S/c1-18(12-5-3-2-4-6-12)21(19,20)15-10-17-14-9-11(16)7-8-13(14)15/h2-10,17H,16H2,1H3. The van der Waals surface area contributed by atoms with E-state index in [-0.39, 0.29) is 4.90 Å². The number of anilines is 2. The summed E-state index contributed by atoms with van der Waals surface area (Å²) in [7, 11) is -2.08. The number of aromatic nitrogens is 1. The molecule has 0 aliphatic carbocycles. The zero-order valence-corrected chi connectivity index (χ0v) is 12.3. The van der Waals surface area contributed by atoms with E-state index in [1.807, 2.05) is 6.07 Å². The molecule has 3 N–H and O–H groups in total. The SMILES string of the molecule is CN(c1ccccc1)S(=O)(=O)c1c[nH]c2cc(N)ccc12. The van der Waals surface area contributed by atoms with E-state index in [0.29, 0.717) is 22.3 Å². The number of H-pyrrole nitrogens is 1. The fourth-order valence-electron chi connectivity index (χ4n) is 2.25. The zero-order chi connectivity index (χ0) is 15.0. The highest BCUT2D eigenvalue weighted by molar-refractivity contribution is 7.93. The van der Waals surface area contributed by atoms with E-state index in [2.05, 4.69) is 4.98 Å². The number of benzene rings is 2. The average Bonchev–Trinajstić information content (AvgIpc) is 2.91. The van der Waals surface area contributed by atoms with Gasteiger partial charge in [-0.15, -0.1) is 0 Å². The van der Waals surface area contributed by atoms with Gasteiger partial charge in [-0.3, -0.25) is 4.31 Å². The highest BCUT2D eigenvalue weighted by atomic mass is 32.2. The van der Waals surface area contributed by atoms with Crippen LogP contribution in [0.1, 0.15) is 0 Å². The van der Waals surface area contributed by atoms with Crippen molar-refractivity contribution in [2.75, 3.05) is 17.1 Å². The van der Waals surface area contributed by atoms with E-state index >= 15 is 0 Å². The minimum Gasteiger partial charge on any atom is -0.399 e. The van der Waals surface area contributed by atoms with Crippen LogP contribution in [0, 0.1) is 0 Å². The van der Waals surface area contributed by atoms with Gasteiger partial charge >= 0.3 is 0 Å². The van der Waals surface area contributed by atoms with Crippen molar-refractivity contribution in [3.05, 3.63) is 54.7 Å². The number of aromatic amines is 1. The highest BCUT2D eigenvalue weighted by Crippen LogP contribution is 2.28. The Hall–Kier alpha value is -2.47. The molecular formula is C15H15N3O2S. The maximum Gasteiger partial charge on any atom is 0.266 e. The maximum atomic E-state index is 12.8. The summed E-state index contributed by atoms with van der Waals surface area (Å²) >= 11 is 0. The van der Waals surface area contributed by atoms with Gasteiger partial charge in [0.05, 0.1) is 5.69 Å². The number of nitrogens with two attached hydrogens (primary N) is 1. The second-order valence-electron chi connectivity index (χ2n) is 4.77. The first-order valence-electron chi connectivity index (χ1n) is 6.41. The van der Waals surface area contributed by atoms with Crippen LogP contribution in [0.25, 0.3) is 10.9 Å². The predicted molar refractivity (Wildman–Crippen MR) is 84.7 cm³/mol. The number of para-hydroxylation sites is 1. The third kappa shape index (κ3) is 2.23. The molecule has 0 saturated carbocycles. The normalized spacial score (nSPS) is 11.7. The minimum absolute atomic E-state index is 0.240. The second-order valence-corrected chi connectivity index (χ2v) is 6.70. The van der Waals surface area contributed by atoms with E-state index in [0.717, 1.165) is 0 Å². The molecule has 0 aliphatic heterocycles. The lowest BCUT2D eigenvalue weighted by Gasteiger charge is -2.18. The molecule has 5 nitrogen and oxygen atoms in total. The molecule has 3 rings (SSSR count). The first-order chi connectivity index (χ1) is 10.00. The molecule has 1 aromatic heterocycles. The van der Waals surface area contributed by atoms with Gasteiger partial charge in [-0.2, -0.15) is 0 Å². The number of nitrogens with zero attached hydrogens (tertiary/aromatic N) is 1. The first kappa shape index (κ1) is 13.5. The van der Waals surface area contributed by atoms with Gasteiger partial charge in [0.25, 0.3) is 10.0 Å². The van der Waals surface area contributed by atoms with E-state index < -0.39 is 10.0 Å². The van der Waals surface area contributed by atoms with Crippen LogP contribution >= 0.6 is 0 Å². The number of nitrogen functional groups attached to an aromatic ring is 1. The lowest BCUT2D eigenvalue weighted by atomic mass is 10.2. The fourth-order valence-corrected chi connectivity index (χ4v) is 3.61. The summed E-state index contributed by atoms with van der Waals surface area (Å²) in [5.74, 6) is 0. The smallest absolute Gasteiger partial charge is 0.266 e. The van der Waals surface area contributed by atoms with Gasteiger partial charge < -0.3 is 10.7 Å². The molecule has 0 unspecified atom stereocenters. The summed E-state index contributed by atoms with van der Waals surface area (Å²) in [6, 6.07) is 14.1. The molecule has 0 spiro atoms. The van der Waals surface area contributed by atoms with Crippen molar-refractivity contribution in [3.63, 3.8) is 0 Å². The molecule has 2 aromatic carbocycles. The number of sulfonamides is 1. The van der Waals surface area contributed by atoms with E-state index in [1.54, 1.807) is 49.5 Å². The fraction of sp³-hybridized carbons (Fsp3) is 0.0667. The first-order valence-corrected chi connectivity index (χ1v) is 7.85. The topological polar surface area (TPSA) is 79.2 Å². The van der Waals surface area contributed by atoms with Gasteiger partial charge in [0.2, 0.25) is 0 Å². The summed E-state index contributed by atoms with van der Waals surface area (Å²) < 4.78 is 26.8. The molecule has 0 fully saturated rings. The molecule has 0 radical (unpaired) electrons. The Morgan fingerprint density at radius 3 is 2.52 bits per heavy atom. The molecule has 0 atom stereocenters. The van der Waals surface area contributed by atoms with Gasteiger partial charge in [-0.25, -0.2) is 8.42 Å². The molecule has 1 heterocycles. The number of hydrogen-bond donors (Lipinski definition) is 2. The largest absolute Gasteiger partial charge is 0.399 e. The van der Waals surface area contributed by atoms with Crippen molar-refractivity contribution < 1.29 is 8.42 Å². The molecule has 108 valence electrons. The van der Waals surface area contributed by atoms with Crippen LogP contribution < -0.4 is 10.0 Å². The Morgan fingerprint density at radius 1 is 1.10 bits per heavy atom. The number of rotatable bonds is 3. The Kier molecular flexibility index (Phi) is 3.10. The third-order valence-electron chi connectivity index (χ3n) is 3.43. The maximum absolute atomic E-state index is 12.8. The summed E-state index contributed by atoms with van der Waals surface area (Å²) in [6.07, 6.45) is 1.50. The highest BCUT2D eigenvalue weighted by Gasteiger charge is 2.24. The second kappa shape index (κ2) is 4.82. The molecule has 0 saturated heterocycles. The zero-order valence-electron chi connectivity index (χ0n) is 11.4. The van der Waals surface area contributed by atoms with Crippen LogP contribution in [-0.4, -0.2) is 20.4 Å². The van der Waals surface area contributed by atoms with Crippen LogP contribution in [-0.2, 0) is 10.0 Å². The lowest BCUT2D eigenvalue weighted by molar-refractivity contribution is 0.595. The minimum atomic E-state index is -3.63. The van der Waals surface area contributed by atoms with Gasteiger partial charge in [-0.05, 0) is 30.3 Å². The Labute approximate surface area is 123 Å². The Bertz CT molecular complexity index is 886. The van der Waals surface area contributed by atoms with Gasteiger partial charge in [0.1, 0.15) is 4.90 Å². The summed E-state index contributed by atoms with van der Waals surface area (Å²) in [4.78, 5) is 3.20. The van der Waals surface area contributed by atoms with Crippen molar-refractivity contribution >= 4 is 32.3 Å². The molecule has 0 bridgehead atoms. The average molecular weight is 301 g/mol. The molecule has 3 aromatic rings. The van der Waals surface area contributed by atoms with Gasteiger partial charge in [-0.1, -0.05) is 18.2 Å². The molecule has 6 heteroatoms. The van der Waals surface area contributed by atoms with Crippen molar-refractivity contribution in [2.45, 2.75) is 4.90 Å². The van der Waals surface area contributed by atoms with Crippen molar-refractivity contribution in [1.29, 1.82) is 0 Å². The molecule has 0 aliphatic rings. The number of hydrogen-bond acceptors (Lipinski definition) is 3. The predicted octanol–water partition coefficient (Wildman–Crippen LogP) is 2.58. The lowest BCUT2D eigenvalue weighted by Crippen LogP contribution is -2.26. The summed E-state index contributed by atoms with van der Waals surface area (Å²) in [5, 5.41) is 0.631. The van der Waals surface area contributed by atoms with Crippen molar-refractivity contribution in [1.82, 2.24) is 4.98 Å². The van der Waals surface area contributed by atoms with Crippen molar-refractivity contribution in [3.8, 4) is 0 Å². The van der Waals surface area contributed by atoms with E-state index in [9.17, 15) is 8.42 Å². The van der Waals surface area contributed by atoms with Crippen LogP contribution in [0.4, 0.5) is 11.4 Å². The number of nitrogens with one attached hydrogen (secondary N) is 1. The Morgan fingerprint density at radius 2 is 1.81 bits per heavy atom. The third-order valence-corrected chi connectivity index (χ3v) is 5.25. The summed E-state index contributed by atoms with van der Waals surface area (Å²) in [5.41, 5.74) is 7.62. The molecule has 0 amide bonds. The van der Waals surface area contributed by atoms with Crippen LogP contribution in [0.15, 0.2) is 59.6 Å². The van der Waals surface area contributed by atoms with Gasteiger partial charge in [0.15, 0.2) is 0 Å². The molecule has 21 heavy (non-hydrogen) atoms. The van der Waals surface area contributed by atoms with E-state index in [4.69, 9.17) is 5.73 Å². The van der Waals surface area contributed by atoms with Crippen LogP contribution in [0.2, 0.25) is 0 Å². The van der Waals surface area contributed by atoms with Gasteiger partial charge in [0, 0.05) is 29.8 Å². The quantitative estimate of drug-likeness (QED) is 0.730. The Balaban J connectivity index is 2.13. The number of fused-ring (bicyclic) bond motifs is 1.